The average molecular weight is 432 g/mol. The second kappa shape index (κ2) is 8.98. The van der Waals surface area contributed by atoms with E-state index in [4.69, 9.17) is 4.74 Å². The predicted octanol–water partition coefficient (Wildman–Crippen LogP) is 6.80. The van der Waals surface area contributed by atoms with Gasteiger partial charge in [0.05, 0.1) is 23.4 Å². The zero-order chi connectivity index (χ0) is 21.2. The van der Waals surface area contributed by atoms with E-state index >= 15 is 0 Å². The molecule has 2 aliphatic rings. The highest BCUT2D eigenvalue weighted by Crippen LogP contribution is 2.43. The maximum Gasteiger partial charge on any atom is 0.121 e. The van der Waals surface area contributed by atoms with Gasteiger partial charge in [0.15, 0.2) is 0 Å². The second-order valence-corrected chi connectivity index (χ2v) is 9.68. The Bertz CT molecular complexity index is 1100. The highest BCUT2D eigenvalue weighted by Gasteiger charge is 2.28. The number of nitrogens with zero attached hydrogens (tertiary/aromatic N) is 3. The van der Waals surface area contributed by atoms with Gasteiger partial charge in [-0.25, -0.2) is 4.31 Å². The van der Waals surface area contributed by atoms with Gasteiger partial charge in [0.2, 0.25) is 0 Å². The third kappa shape index (κ3) is 3.95. The maximum atomic E-state index is 10.1. The van der Waals surface area contributed by atoms with Gasteiger partial charge >= 0.3 is 0 Å². The highest BCUT2D eigenvalue weighted by atomic mass is 32.2. The summed E-state index contributed by atoms with van der Waals surface area (Å²) in [5, 5.41) is 11.1. The van der Waals surface area contributed by atoms with E-state index in [0.717, 1.165) is 33.5 Å². The molecule has 1 saturated heterocycles. The molecule has 1 aromatic heterocycles. The van der Waals surface area contributed by atoms with Crippen LogP contribution in [-0.2, 0) is 0 Å². The van der Waals surface area contributed by atoms with Crippen LogP contribution < -0.4 is 4.74 Å². The molecule has 5 rings (SSSR count). The van der Waals surface area contributed by atoms with Crippen molar-refractivity contribution in [3.05, 3.63) is 48.0 Å². The summed E-state index contributed by atoms with van der Waals surface area (Å²) in [6.07, 6.45) is 7.53. The first-order chi connectivity index (χ1) is 15.3. The minimum atomic E-state index is 0.457. The monoisotopic (exact) mass is 431 g/mol. The number of ether oxygens (including phenoxy) is 1. The van der Waals surface area contributed by atoms with Crippen molar-refractivity contribution in [3.63, 3.8) is 0 Å². The Balaban J connectivity index is 1.56. The lowest BCUT2D eigenvalue weighted by atomic mass is 9.92. The molecule has 2 aromatic carbocycles. The van der Waals surface area contributed by atoms with E-state index in [1.54, 1.807) is 0 Å². The van der Waals surface area contributed by atoms with E-state index in [2.05, 4.69) is 51.3 Å². The van der Waals surface area contributed by atoms with Crippen LogP contribution in [0.25, 0.3) is 22.2 Å². The lowest BCUT2D eigenvalue weighted by Crippen LogP contribution is -2.22. The zero-order valence-electron chi connectivity index (χ0n) is 18.1. The van der Waals surface area contributed by atoms with Crippen molar-refractivity contribution in [2.45, 2.75) is 56.4 Å². The van der Waals surface area contributed by atoms with Crippen molar-refractivity contribution in [2.24, 2.45) is 0 Å². The molecule has 2 fully saturated rings. The Labute approximate surface area is 188 Å². The highest BCUT2D eigenvalue weighted by molar-refractivity contribution is 7.97. The van der Waals surface area contributed by atoms with Crippen LogP contribution in [0.4, 0.5) is 0 Å². The number of hydrogen-bond donors (Lipinski definition) is 0. The maximum absolute atomic E-state index is 10.1. The molecule has 2 heterocycles. The summed E-state index contributed by atoms with van der Waals surface area (Å²) in [5.41, 5.74) is 4.08. The minimum absolute atomic E-state index is 0.457. The van der Waals surface area contributed by atoms with Crippen LogP contribution >= 0.6 is 11.9 Å². The van der Waals surface area contributed by atoms with E-state index in [9.17, 15) is 5.26 Å². The van der Waals surface area contributed by atoms with Crippen molar-refractivity contribution >= 4 is 22.9 Å². The van der Waals surface area contributed by atoms with E-state index in [1.807, 2.05) is 24.9 Å². The first kappa shape index (κ1) is 20.5. The molecule has 31 heavy (non-hydrogen) atoms. The Hall–Kier alpha value is -2.42. The van der Waals surface area contributed by atoms with E-state index < -0.39 is 0 Å². The Morgan fingerprint density at radius 2 is 1.81 bits per heavy atom. The summed E-state index contributed by atoms with van der Waals surface area (Å²) < 4.78 is 10.7. The number of fused-ring (bicyclic) bond motifs is 1. The number of rotatable bonds is 6. The molecule has 0 N–H and O–H groups in total. The lowest BCUT2D eigenvalue weighted by Gasteiger charge is -2.30. The minimum Gasteiger partial charge on any atom is -0.494 e. The second-order valence-electron chi connectivity index (χ2n) is 8.51. The summed E-state index contributed by atoms with van der Waals surface area (Å²) >= 11 is 1.86. The van der Waals surface area contributed by atoms with Gasteiger partial charge in [0.1, 0.15) is 11.8 Å². The normalized spacial score (nSPS) is 17.4. The van der Waals surface area contributed by atoms with Crippen molar-refractivity contribution in [3.8, 4) is 23.1 Å². The lowest BCUT2D eigenvalue weighted by molar-refractivity contribution is 0.322. The molecule has 3 aromatic rings. The smallest absolute Gasteiger partial charge is 0.121 e. The largest absolute Gasteiger partial charge is 0.494 e. The van der Waals surface area contributed by atoms with E-state index in [0.29, 0.717) is 12.6 Å². The number of aromatic nitrogens is 1. The van der Waals surface area contributed by atoms with Gasteiger partial charge in [0, 0.05) is 35.5 Å². The van der Waals surface area contributed by atoms with Crippen LogP contribution in [0, 0.1) is 11.3 Å². The third-order valence-corrected chi connectivity index (χ3v) is 7.62. The summed E-state index contributed by atoms with van der Waals surface area (Å²) in [4.78, 5) is 1.27. The standard InChI is InChI=1S/C26H29N3OS/c1-2-30-21-11-14-23-24(18-27)26(29(25(23)17-21)20-7-6-8-20)19-9-12-22(13-10-19)31-28-15-4-3-5-16-28/h9-14,17,20H,2-8,15-16H2,1H3. The molecule has 0 atom stereocenters. The fraction of sp³-hybridized carbons (Fsp3) is 0.423. The first-order valence-corrected chi connectivity index (χ1v) is 12.3. The quantitative estimate of drug-likeness (QED) is 0.403. The Morgan fingerprint density at radius 1 is 1.03 bits per heavy atom. The van der Waals surface area contributed by atoms with Crippen molar-refractivity contribution < 1.29 is 4.74 Å². The van der Waals surface area contributed by atoms with Crippen LogP contribution in [0.3, 0.4) is 0 Å². The number of hydrogen-bond acceptors (Lipinski definition) is 4. The third-order valence-electron chi connectivity index (χ3n) is 6.52. The Kier molecular flexibility index (Phi) is 5.93. The van der Waals surface area contributed by atoms with Gasteiger partial charge < -0.3 is 9.30 Å². The van der Waals surface area contributed by atoms with Gasteiger partial charge in [-0.05, 0) is 80.8 Å². The SMILES string of the molecule is CCOc1ccc2c(C#N)c(-c3ccc(SN4CCCCC4)cc3)n(C3CCC3)c2c1. The van der Waals surface area contributed by atoms with Gasteiger partial charge in [-0.2, -0.15) is 5.26 Å². The summed E-state index contributed by atoms with van der Waals surface area (Å²) in [7, 11) is 0. The van der Waals surface area contributed by atoms with E-state index in [1.165, 1.54) is 56.5 Å². The number of nitriles is 1. The summed E-state index contributed by atoms with van der Waals surface area (Å²) in [5.74, 6) is 0.873. The molecule has 1 aliphatic heterocycles. The molecule has 0 amide bonds. The first-order valence-electron chi connectivity index (χ1n) is 11.5. The fourth-order valence-corrected chi connectivity index (χ4v) is 5.74. The molecule has 1 saturated carbocycles. The van der Waals surface area contributed by atoms with Crippen LogP contribution in [0.1, 0.15) is 57.1 Å². The molecule has 0 unspecified atom stereocenters. The molecular formula is C26H29N3OS. The van der Waals surface area contributed by atoms with Crippen LogP contribution in [0.2, 0.25) is 0 Å². The number of benzene rings is 2. The molecule has 5 heteroatoms. The summed E-state index contributed by atoms with van der Waals surface area (Å²) in [6.45, 7) is 4.99. The van der Waals surface area contributed by atoms with Gasteiger partial charge in [-0.3, -0.25) is 0 Å². The van der Waals surface area contributed by atoms with Crippen LogP contribution in [0.5, 0.6) is 5.75 Å². The van der Waals surface area contributed by atoms with Crippen molar-refractivity contribution in [2.75, 3.05) is 19.7 Å². The van der Waals surface area contributed by atoms with Crippen molar-refractivity contribution in [1.82, 2.24) is 8.87 Å². The van der Waals surface area contributed by atoms with Crippen LogP contribution in [-0.4, -0.2) is 28.6 Å². The van der Waals surface area contributed by atoms with Gasteiger partial charge in [-0.15, -0.1) is 0 Å². The molecule has 1 aliphatic carbocycles. The topological polar surface area (TPSA) is 41.2 Å². The zero-order valence-corrected chi connectivity index (χ0v) is 19.0. The molecule has 160 valence electrons. The average Bonchev–Trinajstić information content (AvgIpc) is 3.07. The fourth-order valence-electron chi connectivity index (χ4n) is 4.75. The molecule has 0 spiro atoms. The molecule has 4 nitrogen and oxygen atoms in total. The predicted molar refractivity (Wildman–Crippen MR) is 127 cm³/mol. The van der Waals surface area contributed by atoms with Gasteiger partial charge in [0.25, 0.3) is 0 Å². The number of piperidine rings is 1. The molecule has 0 radical (unpaired) electrons. The molecular weight excluding hydrogens is 402 g/mol. The van der Waals surface area contributed by atoms with Crippen LogP contribution in [0.15, 0.2) is 47.4 Å². The Morgan fingerprint density at radius 3 is 2.45 bits per heavy atom. The summed E-state index contributed by atoms with van der Waals surface area (Å²) in [6, 6.07) is 17.9. The van der Waals surface area contributed by atoms with Gasteiger partial charge in [-0.1, -0.05) is 18.6 Å². The van der Waals surface area contributed by atoms with E-state index in [-0.39, 0.29) is 0 Å². The molecule has 0 bridgehead atoms. The van der Waals surface area contributed by atoms with Crippen molar-refractivity contribution in [1.29, 1.82) is 5.26 Å².